The topological polar surface area (TPSA) is 74.9 Å². The van der Waals surface area contributed by atoms with Crippen LogP contribution in [0.3, 0.4) is 0 Å². The summed E-state index contributed by atoms with van der Waals surface area (Å²) in [5.41, 5.74) is 1.29. The molecular formula is C21H22N2O4. The number of para-hydroxylation sites is 1. The Morgan fingerprint density at radius 3 is 2.70 bits per heavy atom. The summed E-state index contributed by atoms with van der Waals surface area (Å²) in [6, 6.07) is 17.5. The van der Waals surface area contributed by atoms with E-state index in [1.54, 1.807) is 53.6 Å². The number of carbonyl (C=O) groups is 1. The first-order valence-corrected chi connectivity index (χ1v) is 8.73. The molecule has 0 aliphatic heterocycles. The number of carbonyl (C=O) groups excluding carboxylic acids is 1. The molecule has 140 valence electrons. The molecule has 0 atom stereocenters. The van der Waals surface area contributed by atoms with Crippen molar-refractivity contribution in [1.82, 2.24) is 4.90 Å². The predicted molar refractivity (Wildman–Crippen MR) is 103 cm³/mol. The zero-order valence-electron chi connectivity index (χ0n) is 15.1. The van der Waals surface area contributed by atoms with E-state index in [4.69, 9.17) is 9.15 Å². The minimum absolute atomic E-state index is 0.146. The standard InChI is InChI=1S/C21H22N2O4/c1-2-26-18-9-5-8-17(13-18)22-21(25)23(15-19-10-6-12-27-19)14-16-7-3-4-11-20(16)24/h3-13,24H,2,14-15H2,1H3,(H,22,25). The number of nitrogens with zero attached hydrogens (tertiary/aromatic N) is 1. The summed E-state index contributed by atoms with van der Waals surface area (Å²) in [5.74, 6) is 1.49. The van der Waals surface area contributed by atoms with Gasteiger partial charge in [-0.05, 0) is 37.3 Å². The highest BCUT2D eigenvalue weighted by molar-refractivity contribution is 5.89. The van der Waals surface area contributed by atoms with Crippen molar-refractivity contribution < 1.29 is 19.1 Å². The largest absolute Gasteiger partial charge is 0.508 e. The smallest absolute Gasteiger partial charge is 0.322 e. The molecule has 6 nitrogen and oxygen atoms in total. The van der Waals surface area contributed by atoms with Gasteiger partial charge >= 0.3 is 6.03 Å². The van der Waals surface area contributed by atoms with Crippen molar-refractivity contribution in [3.05, 3.63) is 78.3 Å². The molecule has 3 rings (SSSR count). The number of anilines is 1. The molecule has 2 N–H and O–H groups in total. The van der Waals surface area contributed by atoms with E-state index in [0.29, 0.717) is 29.4 Å². The minimum atomic E-state index is -0.302. The molecule has 0 saturated carbocycles. The van der Waals surface area contributed by atoms with Crippen molar-refractivity contribution in [3.8, 4) is 11.5 Å². The van der Waals surface area contributed by atoms with Crippen LogP contribution in [-0.4, -0.2) is 22.6 Å². The number of urea groups is 1. The molecular weight excluding hydrogens is 344 g/mol. The van der Waals surface area contributed by atoms with Crippen molar-refractivity contribution in [2.24, 2.45) is 0 Å². The molecule has 0 aliphatic rings. The average molecular weight is 366 g/mol. The quantitative estimate of drug-likeness (QED) is 0.640. The summed E-state index contributed by atoms with van der Waals surface area (Å²) in [7, 11) is 0. The zero-order chi connectivity index (χ0) is 19.1. The number of hydrogen-bond donors (Lipinski definition) is 2. The van der Waals surface area contributed by atoms with E-state index in [9.17, 15) is 9.90 Å². The number of amides is 2. The van der Waals surface area contributed by atoms with Crippen molar-refractivity contribution in [1.29, 1.82) is 0 Å². The Bertz CT molecular complexity index is 877. The molecule has 1 heterocycles. The van der Waals surface area contributed by atoms with Crippen LogP contribution in [0.25, 0.3) is 0 Å². The van der Waals surface area contributed by atoms with E-state index in [1.165, 1.54) is 0 Å². The lowest BCUT2D eigenvalue weighted by Gasteiger charge is -2.23. The number of rotatable bonds is 7. The first-order chi connectivity index (χ1) is 13.2. The van der Waals surface area contributed by atoms with Gasteiger partial charge in [0.15, 0.2) is 0 Å². The third kappa shape index (κ3) is 5.04. The third-order valence-electron chi connectivity index (χ3n) is 3.96. The Morgan fingerprint density at radius 1 is 1.11 bits per heavy atom. The maximum Gasteiger partial charge on any atom is 0.322 e. The summed E-state index contributed by atoms with van der Waals surface area (Å²) in [4.78, 5) is 14.4. The summed E-state index contributed by atoms with van der Waals surface area (Å²) in [6.07, 6.45) is 1.57. The van der Waals surface area contributed by atoms with E-state index >= 15 is 0 Å². The van der Waals surface area contributed by atoms with Gasteiger partial charge in [-0.25, -0.2) is 4.79 Å². The number of phenolic OH excluding ortho intramolecular Hbond substituents is 1. The van der Waals surface area contributed by atoms with Crippen LogP contribution in [-0.2, 0) is 13.1 Å². The van der Waals surface area contributed by atoms with Gasteiger partial charge in [0.25, 0.3) is 0 Å². The molecule has 0 saturated heterocycles. The molecule has 2 amide bonds. The lowest BCUT2D eigenvalue weighted by atomic mass is 10.2. The second-order valence-corrected chi connectivity index (χ2v) is 5.96. The van der Waals surface area contributed by atoms with E-state index in [-0.39, 0.29) is 24.9 Å². The van der Waals surface area contributed by atoms with Gasteiger partial charge in [0.1, 0.15) is 17.3 Å². The molecule has 1 aromatic heterocycles. The van der Waals surface area contributed by atoms with Crippen LogP contribution in [0.2, 0.25) is 0 Å². The van der Waals surface area contributed by atoms with Crippen molar-refractivity contribution in [2.75, 3.05) is 11.9 Å². The number of hydrogen-bond acceptors (Lipinski definition) is 4. The van der Waals surface area contributed by atoms with E-state index in [1.807, 2.05) is 25.1 Å². The van der Waals surface area contributed by atoms with E-state index in [0.717, 1.165) is 0 Å². The van der Waals surface area contributed by atoms with Crippen LogP contribution in [0.15, 0.2) is 71.3 Å². The molecule has 0 aliphatic carbocycles. The molecule has 27 heavy (non-hydrogen) atoms. The molecule has 0 radical (unpaired) electrons. The highest BCUT2D eigenvalue weighted by atomic mass is 16.5. The number of ether oxygens (including phenoxy) is 1. The van der Waals surface area contributed by atoms with Crippen molar-refractivity contribution in [3.63, 3.8) is 0 Å². The number of phenols is 1. The maximum atomic E-state index is 12.9. The summed E-state index contributed by atoms with van der Waals surface area (Å²) in [6.45, 7) is 2.97. The fourth-order valence-corrected chi connectivity index (χ4v) is 2.67. The Kier molecular flexibility index (Phi) is 5.99. The van der Waals surface area contributed by atoms with Crippen LogP contribution in [0.1, 0.15) is 18.2 Å². The number of nitrogens with one attached hydrogen (secondary N) is 1. The fourth-order valence-electron chi connectivity index (χ4n) is 2.67. The first kappa shape index (κ1) is 18.4. The number of furan rings is 1. The Morgan fingerprint density at radius 2 is 1.96 bits per heavy atom. The molecule has 3 aromatic rings. The lowest BCUT2D eigenvalue weighted by Crippen LogP contribution is -2.34. The van der Waals surface area contributed by atoms with Gasteiger partial charge in [0.05, 0.1) is 26.0 Å². The second kappa shape index (κ2) is 8.80. The SMILES string of the molecule is CCOc1cccc(NC(=O)N(Cc2ccco2)Cc2ccccc2O)c1. The van der Waals surface area contributed by atoms with Gasteiger partial charge in [-0.2, -0.15) is 0 Å². The summed E-state index contributed by atoms with van der Waals surface area (Å²) < 4.78 is 10.9. The van der Waals surface area contributed by atoms with Crippen molar-refractivity contribution >= 4 is 11.7 Å². The van der Waals surface area contributed by atoms with Crippen LogP contribution < -0.4 is 10.1 Å². The summed E-state index contributed by atoms with van der Waals surface area (Å²) >= 11 is 0. The van der Waals surface area contributed by atoms with Gasteiger partial charge in [-0.15, -0.1) is 0 Å². The van der Waals surface area contributed by atoms with E-state index in [2.05, 4.69) is 5.32 Å². The van der Waals surface area contributed by atoms with Gasteiger partial charge < -0.3 is 24.5 Å². The van der Waals surface area contributed by atoms with Crippen LogP contribution >= 0.6 is 0 Å². The van der Waals surface area contributed by atoms with Gasteiger partial charge in [-0.1, -0.05) is 24.3 Å². The van der Waals surface area contributed by atoms with Crippen molar-refractivity contribution in [2.45, 2.75) is 20.0 Å². The zero-order valence-corrected chi connectivity index (χ0v) is 15.1. The maximum absolute atomic E-state index is 12.9. The summed E-state index contributed by atoms with van der Waals surface area (Å²) in [5, 5.41) is 12.9. The molecule has 0 bridgehead atoms. The van der Waals surface area contributed by atoms with E-state index < -0.39 is 0 Å². The molecule has 0 unspecified atom stereocenters. The first-order valence-electron chi connectivity index (χ1n) is 8.73. The molecule has 6 heteroatoms. The second-order valence-electron chi connectivity index (χ2n) is 5.96. The Hall–Kier alpha value is -3.41. The Balaban J connectivity index is 1.77. The van der Waals surface area contributed by atoms with Crippen LogP contribution in [0.5, 0.6) is 11.5 Å². The third-order valence-corrected chi connectivity index (χ3v) is 3.96. The molecule has 2 aromatic carbocycles. The highest BCUT2D eigenvalue weighted by Crippen LogP contribution is 2.21. The number of benzene rings is 2. The number of aromatic hydroxyl groups is 1. The van der Waals surface area contributed by atoms with Crippen LogP contribution in [0, 0.1) is 0 Å². The van der Waals surface area contributed by atoms with Crippen LogP contribution in [0.4, 0.5) is 10.5 Å². The fraction of sp³-hybridized carbons (Fsp3) is 0.190. The van der Waals surface area contributed by atoms with Gasteiger partial charge in [0.2, 0.25) is 0 Å². The van der Waals surface area contributed by atoms with Gasteiger partial charge in [0, 0.05) is 17.3 Å². The average Bonchev–Trinajstić information content (AvgIpc) is 3.17. The lowest BCUT2D eigenvalue weighted by molar-refractivity contribution is 0.200. The monoisotopic (exact) mass is 366 g/mol. The molecule has 0 spiro atoms. The van der Waals surface area contributed by atoms with Gasteiger partial charge in [-0.3, -0.25) is 0 Å². The minimum Gasteiger partial charge on any atom is -0.508 e. The predicted octanol–water partition coefficient (Wildman–Crippen LogP) is 4.62. The Labute approximate surface area is 158 Å². The normalized spacial score (nSPS) is 10.4. The molecule has 0 fully saturated rings. The highest BCUT2D eigenvalue weighted by Gasteiger charge is 2.18.